The summed E-state index contributed by atoms with van der Waals surface area (Å²) < 4.78 is 5.66. The van der Waals surface area contributed by atoms with Crippen molar-refractivity contribution in [3.05, 3.63) is 58.4 Å². The molecule has 20 heavy (non-hydrogen) atoms. The molecule has 2 rings (SSSR count). The lowest BCUT2D eigenvalue weighted by Crippen LogP contribution is -2.30. The average molecular weight is 292 g/mol. The number of carbonyl (C=O) groups excluding carboxylic acids is 1. The maximum absolute atomic E-state index is 11.4. The van der Waals surface area contributed by atoms with Gasteiger partial charge in [0.25, 0.3) is 5.91 Å². The maximum atomic E-state index is 11.4. The summed E-state index contributed by atoms with van der Waals surface area (Å²) in [6.07, 6.45) is 0. The highest BCUT2D eigenvalue weighted by Gasteiger charge is 2.07. The predicted octanol–water partition coefficient (Wildman–Crippen LogP) is 2.23. The summed E-state index contributed by atoms with van der Waals surface area (Å²) in [6, 6.07) is 10.5. The van der Waals surface area contributed by atoms with Crippen LogP contribution in [0, 0.1) is 6.92 Å². The number of benzene rings is 1. The van der Waals surface area contributed by atoms with Gasteiger partial charge >= 0.3 is 0 Å². The van der Waals surface area contributed by atoms with Gasteiger partial charge in [0.2, 0.25) is 0 Å². The Morgan fingerprint density at radius 3 is 2.95 bits per heavy atom. The second kappa shape index (κ2) is 6.36. The van der Waals surface area contributed by atoms with Gasteiger partial charge in [-0.1, -0.05) is 23.7 Å². The summed E-state index contributed by atoms with van der Waals surface area (Å²) in [5, 5.41) is 0.606. The molecule has 0 saturated heterocycles. The molecule has 0 radical (unpaired) electrons. The van der Waals surface area contributed by atoms with Gasteiger partial charge < -0.3 is 4.74 Å². The van der Waals surface area contributed by atoms with E-state index >= 15 is 0 Å². The zero-order valence-corrected chi connectivity index (χ0v) is 11.6. The van der Waals surface area contributed by atoms with E-state index in [1.165, 1.54) is 0 Å². The zero-order valence-electron chi connectivity index (χ0n) is 10.9. The largest absolute Gasteiger partial charge is 0.487 e. The summed E-state index contributed by atoms with van der Waals surface area (Å²) in [7, 11) is 0. The molecule has 1 aromatic heterocycles. The number of pyridine rings is 1. The normalized spacial score (nSPS) is 10.2. The summed E-state index contributed by atoms with van der Waals surface area (Å²) in [4.78, 5) is 15.5. The van der Waals surface area contributed by atoms with Crippen molar-refractivity contribution in [3.8, 4) is 5.75 Å². The molecule has 0 aliphatic heterocycles. The number of amides is 1. The van der Waals surface area contributed by atoms with Crippen molar-refractivity contribution >= 4 is 17.5 Å². The fraction of sp³-hybridized carbons (Fsp3) is 0.143. The molecular formula is C14H14ClN3O2. The Morgan fingerprint density at radius 1 is 1.40 bits per heavy atom. The standard InChI is InChI=1S/C14H14ClN3O2/c1-9-5-6-10(15)7-13(9)20-8-11-3-2-4-12(17-11)14(19)18-16/h2-7H,8,16H2,1H3,(H,18,19). The molecule has 5 nitrogen and oxygen atoms in total. The van der Waals surface area contributed by atoms with Crippen LogP contribution in [-0.2, 0) is 6.61 Å². The first-order valence-electron chi connectivity index (χ1n) is 5.96. The molecule has 0 saturated carbocycles. The van der Waals surface area contributed by atoms with Crippen molar-refractivity contribution in [2.45, 2.75) is 13.5 Å². The van der Waals surface area contributed by atoms with Gasteiger partial charge in [-0.2, -0.15) is 0 Å². The molecule has 1 amide bonds. The average Bonchev–Trinajstić information content (AvgIpc) is 2.47. The number of nitrogens with one attached hydrogen (secondary N) is 1. The fourth-order valence-corrected chi connectivity index (χ4v) is 1.80. The minimum atomic E-state index is -0.439. The minimum Gasteiger partial charge on any atom is -0.487 e. The maximum Gasteiger partial charge on any atom is 0.283 e. The second-order valence-corrected chi connectivity index (χ2v) is 4.62. The molecule has 0 atom stereocenters. The van der Waals surface area contributed by atoms with Crippen molar-refractivity contribution < 1.29 is 9.53 Å². The summed E-state index contributed by atoms with van der Waals surface area (Å²) >= 11 is 5.92. The van der Waals surface area contributed by atoms with E-state index in [1.54, 1.807) is 30.3 Å². The molecule has 0 unspecified atom stereocenters. The van der Waals surface area contributed by atoms with Gasteiger partial charge in [0, 0.05) is 5.02 Å². The van der Waals surface area contributed by atoms with Gasteiger partial charge in [-0.05, 0) is 36.8 Å². The Morgan fingerprint density at radius 2 is 2.20 bits per heavy atom. The number of nitrogen functional groups attached to an aromatic ring is 1. The van der Waals surface area contributed by atoms with Gasteiger partial charge in [-0.3, -0.25) is 10.2 Å². The van der Waals surface area contributed by atoms with E-state index in [-0.39, 0.29) is 12.3 Å². The molecule has 6 heteroatoms. The summed E-state index contributed by atoms with van der Waals surface area (Å²) in [5.41, 5.74) is 3.89. The molecule has 0 fully saturated rings. The number of hydrogen-bond acceptors (Lipinski definition) is 4. The third-order valence-electron chi connectivity index (χ3n) is 2.70. The second-order valence-electron chi connectivity index (χ2n) is 4.19. The van der Waals surface area contributed by atoms with E-state index in [4.69, 9.17) is 22.2 Å². The number of hydrazine groups is 1. The van der Waals surface area contributed by atoms with Crippen LogP contribution in [0.2, 0.25) is 5.02 Å². The minimum absolute atomic E-state index is 0.243. The molecule has 3 N–H and O–H groups in total. The van der Waals surface area contributed by atoms with E-state index in [0.29, 0.717) is 16.5 Å². The summed E-state index contributed by atoms with van der Waals surface area (Å²) in [6.45, 7) is 2.17. The molecule has 104 valence electrons. The third-order valence-corrected chi connectivity index (χ3v) is 2.93. The van der Waals surface area contributed by atoms with E-state index in [2.05, 4.69) is 4.98 Å². The number of hydrogen-bond donors (Lipinski definition) is 2. The molecule has 2 aromatic rings. The molecule has 0 bridgehead atoms. The molecule has 0 spiro atoms. The van der Waals surface area contributed by atoms with E-state index in [9.17, 15) is 4.79 Å². The Balaban J connectivity index is 2.11. The molecule has 1 aromatic carbocycles. The lowest BCUT2D eigenvalue weighted by atomic mass is 10.2. The monoisotopic (exact) mass is 291 g/mol. The SMILES string of the molecule is Cc1ccc(Cl)cc1OCc1cccc(C(=O)NN)n1. The molecule has 0 aliphatic rings. The smallest absolute Gasteiger partial charge is 0.283 e. The van der Waals surface area contributed by atoms with Crippen LogP contribution in [0.15, 0.2) is 36.4 Å². The highest BCUT2D eigenvalue weighted by atomic mass is 35.5. The van der Waals surface area contributed by atoms with Crippen LogP contribution in [0.4, 0.5) is 0 Å². The highest BCUT2D eigenvalue weighted by molar-refractivity contribution is 6.30. The van der Waals surface area contributed by atoms with Gasteiger partial charge in [0.1, 0.15) is 18.1 Å². The summed E-state index contributed by atoms with van der Waals surface area (Å²) in [5.74, 6) is 5.32. The quantitative estimate of drug-likeness (QED) is 0.514. The zero-order chi connectivity index (χ0) is 14.5. The van der Waals surface area contributed by atoms with Crippen molar-refractivity contribution in [2.24, 2.45) is 5.84 Å². The lowest BCUT2D eigenvalue weighted by molar-refractivity contribution is 0.0948. The highest BCUT2D eigenvalue weighted by Crippen LogP contribution is 2.23. The van der Waals surface area contributed by atoms with E-state index in [1.807, 2.05) is 18.4 Å². The van der Waals surface area contributed by atoms with Crippen LogP contribution in [0.25, 0.3) is 0 Å². The number of aromatic nitrogens is 1. The third kappa shape index (κ3) is 3.46. The van der Waals surface area contributed by atoms with Crippen LogP contribution in [0.3, 0.4) is 0 Å². The number of nitrogens with two attached hydrogens (primary N) is 1. The Kier molecular flexibility index (Phi) is 4.55. The molecular weight excluding hydrogens is 278 g/mol. The number of ether oxygens (including phenoxy) is 1. The number of rotatable bonds is 4. The van der Waals surface area contributed by atoms with Crippen LogP contribution in [0.5, 0.6) is 5.75 Å². The lowest BCUT2D eigenvalue weighted by Gasteiger charge is -2.09. The van der Waals surface area contributed by atoms with E-state index in [0.717, 1.165) is 5.56 Å². The number of aryl methyl sites for hydroxylation is 1. The first-order chi connectivity index (χ1) is 9.60. The van der Waals surface area contributed by atoms with Crippen LogP contribution in [-0.4, -0.2) is 10.9 Å². The first-order valence-corrected chi connectivity index (χ1v) is 6.34. The predicted molar refractivity (Wildman–Crippen MR) is 76.4 cm³/mol. The van der Waals surface area contributed by atoms with Crippen molar-refractivity contribution in [2.75, 3.05) is 0 Å². The Bertz CT molecular complexity index is 632. The number of carbonyl (C=O) groups is 1. The van der Waals surface area contributed by atoms with Crippen LogP contribution in [0.1, 0.15) is 21.7 Å². The fourth-order valence-electron chi connectivity index (χ4n) is 1.64. The topological polar surface area (TPSA) is 77.2 Å². The Labute approximate surface area is 121 Å². The van der Waals surface area contributed by atoms with E-state index < -0.39 is 5.91 Å². The Hall–Kier alpha value is -2.11. The van der Waals surface area contributed by atoms with Crippen molar-refractivity contribution in [1.82, 2.24) is 10.4 Å². The van der Waals surface area contributed by atoms with Crippen LogP contribution < -0.4 is 16.0 Å². The number of nitrogens with zero attached hydrogens (tertiary/aromatic N) is 1. The molecule has 1 heterocycles. The van der Waals surface area contributed by atoms with Gasteiger partial charge in [-0.25, -0.2) is 10.8 Å². The van der Waals surface area contributed by atoms with Crippen molar-refractivity contribution in [1.29, 1.82) is 0 Å². The van der Waals surface area contributed by atoms with Gasteiger partial charge in [0.15, 0.2) is 0 Å². The van der Waals surface area contributed by atoms with Gasteiger partial charge in [-0.15, -0.1) is 0 Å². The first kappa shape index (κ1) is 14.3. The van der Waals surface area contributed by atoms with Crippen molar-refractivity contribution in [3.63, 3.8) is 0 Å². The molecule has 0 aliphatic carbocycles. The number of halogens is 1. The van der Waals surface area contributed by atoms with Crippen LogP contribution >= 0.6 is 11.6 Å². The van der Waals surface area contributed by atoms with Gasteiger partial charge in [0.05, 0.1) is 5.69 Å².